The lowest BCUT2D eigenvalue weighted by Crippen LogP contribution is -2.16. The standard InChI is InChI=1S/C49H35NO/c1-49(2)42-23-10-8-20-40(42)47-43(49)31-35-16-6-7-19-39(35)48(47)50(36-28-26-33(27-29-36)32-14-4-3-5-15-32)37-18-12-17-34(30-37)38-22-13-25-45-46(38)41-21-9-11-24-44(41)51-45/h3-31H,1-2H3. The third-order valence-electron chi connectivity index (χ3n) is 10.8. The SMILES string of the molecule is CC1(C)c2ccccc2-c2c1cc1ccccc1c2N(c1ccc(-c2ccccc2)cc1)c1cccc(-c2cccc3oc4ccccc4c23)c1. The van der Waals surface area contributed by atoms with Crippen molar-refractivity contribution in [3.63, 3.8) is 0 Å². The molecular weight excluding hydrogens is 619 g/mol. The Balaban J connectivity index is 1.26. The lowest BCUT2D eigenvalue weighted by molar-refractivity contribution is 0.661. The first-order chi connectivity index (χ1) is 25.1. The zero-order valence-corrected chi connectivity index (χ0v) is 28.6. The molecular formula is C49H35NO. The van der Waals surface area contributed by atoms with Gasteiger partial charge in [0.2, 0.25) is 0 Å². The average molecular weight is 654 g/mol. The molecule has 51 heavy (non-hydrogen) atoms. The second-order valence-corrected chi connectivity index (χ2v) is 14.1. The van der Waals surface area contributed by atoms with Crippen molar-refractivity contribution in [1.82, 2.24) is 0 Å². The van der Waals surface area contributed by atoms with Gasteiger partial charge in [-0.2, -0.15) is 0 Å². The highest BCUT2D eigenvalue weighted by Gasteiger charge is 2.39. The van der Waals surface area contributed by atoms with Crippen molar-refractivity contribution in [3.8, 4) is 33.4 Å². The van der Waals surface area contributed by atoms with Crippen molar-refractivity contribution < 1.29 is 4.42 Å². The molecule has 1 heterocycles. The van der Waals surface area contributed by atoms with Crippen LogP contribution in [-0.2, 0) is 5.41 Å². The molecule has 0 aliphatic heterocycles. The van der Waals surface area contributed by atoms with E-state index in [1.807, 2.05) is 6.07 Å². The van der Waals surface area contributed by atoms with E-state index in [0.29, 0.717) is 0 Å². The van der Waals surface area contributed by atoms with Crippen LogP contribution in [0.3, 0.4) is 0 Å². The van der Waals surface area contributed by atoms with Gasteiger partial charge in [0, 0.05) is 38.5 Å². The molecule has 0 saturated heterocycles. The number of anilines is 3. The van der Waals surface area contributed by atoms with Crippen molar-refractivity contribution in [2.45, 2.75) is 19.3 Å². The first-order valence-electron chi connectivity index (χ1n) is 17.7. The molecule has 242 valence electrons. The van der Waals surface area contributed by atoms with Crippen LogP contribution in [0.2, 0.25) is 0 Å². The Morgan fingerprint density at radius 2 is 1.10 bits per heavy atom. The minimum Gasteiger partial charge on any atom is -0.456 e. The Morgan fingerprint density at radius 3 is 1.96 bits per heavy atom. The number of hydrogen-bond acceptors (Lipinski definition) is 2. The van der Waals surface area contributed by atoms with Gasteiger partial charge >= 0.3 is 0 Å². The Bertz CT molecular complexity index is 2770. The third-order valence-corrected chi connectivity index (χ3v) is 10.8. The lowest BCUT2D eigenvalue weighted by Gasteiger charge is -2.31. The minimum atomic E-state index is -0.145. The van der Waals surface area contributed by atoms with Crippen LogP contribution in [0.4, 0.5) is 17.1 Å². The molecule has 2 heteroatoms. The fourth-order valence-electron chi connectivity index (χ4n) is 8.39. The van der Waals surface area contributed by atoms with Gasteiger partial charge in [0.1, 0.15) is 11.2 Å². The largest absolute Gasteiger partial charge is 0.456 e. The molecule has 1 aromatic heterocycles. The number of nitrogens with zero attached hydrogens (tertiary/aromatic N) is 1. The Morgan fingerprint density at radius 1 is 0.451 bits per heavy atom. The zero-order valence-electron chi connectivity index (χ0n) is 28.6. The van der Waals surface area contributed by atoms with Crippen molar-refractivity contribution in [2.24, 2.45) is 0 Å². The Labute approximate surface area is 297 Å². The van der Waals surface area contributed by atoms with E-state index in [1.165, 1.54) is 49.8 Å². The molecule has 0 atom stereocenters. The number of rotatable bonds is 5. The number of para-hydroxylation sites is 1. The summed E-state index contributed by atoms with van der Waals surface area (Å²) in [5, 5.41) is 4.74. The van der Waals surface area contributed by atoms with Gasteiger partial charge < -0.3 is 9.32 Å². The second-order valence-electron chi connectivity index (χ2n) is 14.1. The normalized spacial score (nSPS) is 13.1. The number of fused-ring (bicyclic) bond motifs is 7. The maximum atomic E-state index is 6.32. The molecule has 0 N–H and O–H groups in total. The molecule has 0 radical (unpaired) electrons. The van der Waals surface area contributed by atoms with Crippen LogP contribution in [0.25, 0.3) is 66.1 Å². The summed E-state index contributed by atoms with van der Waals surface area (Å²) in [7, 11) is 0. The van der Waals surface area contributed by atoms with Crippen molar-refractivity contribution in [3.05, 3.63) is 187 Å². The summed E-state index contributed by atoms with van der Waals surface area (Å²) in [5.74, 6) is 0. The van der Waals surface area contributed by atoms with E-state index in [4.69, 9.17) is 4.42 Å². The van der Waals surface area contributed by atoms with Crippen LogP contribution in [0.5, 0.6) is 0 Å². The Hall–Kier alpha value is -6.38. The van der Waals surface area contributed by atoms with E-state index in [2.05, 4.69) is 189 Å². The molecule has 0 fully saturated rings. The summed E-state index contributed by atoms with van der Waals surface area (Å²) in [4.78, 5) is 2.49. The molecule has 0 saturated carbocycles. The average Bonchev–Trinajstić information content (AvgIpc) is 3.67. The number of furan rings is 1. The van der Waals surface area contributed by atoms with Crippen LogP contribution >= 0.6 is 0 Å². The molecule has 1 aliphatic rings. The van der Waals surface area contributed by atoms with Gasteiger partial charge in [-0.25, -0.2) is 0 Å². The predicted octanol–water partition coefficient (Wildman–Crippen LogP) is 13.8. The van der Waals surface area contributed by atoms with E-state index in [-0.39, 0.29) is 5.41 Å². The summed E-state index contributed by atoms with van der Waals surface area (Å²) in [5.41, 5.74) is 15.1. The summed E-state index contributed by atoms with van der Waals surface area (Å²) >= 11 is 0. The molecule has 2 nitrogen and oxygen atoms in total. The molecule has 9 aromatic rings. The predicted molar refractivity (Wildman–Crippen MR) is 214 cm³/mol. The van der Waals surface area contributed by atoms with E-state index in [9.17, 15) is 0 Å². The quantitative estimate of drug-likeness (QED) is 0.184. The molecule has 0 spiro atoms. The fourth-order valence-corrected chi connectivity index (χ4v) is 8.39. The highest BCUT2D eigenvalue weighted by Crippen LogP contribution is 2.56. The van der Waals surface area contributed by atoms with Gasteiger partial charge in [0.25, 0.3) is 0 Å². The maximum Gasteiger partial charge on any atom is 0.136 e. The second kappa shape index (κ2) is 11.3. The third kappa shape index (κ3) is 4.57. The molecule has 0 bridgehead atoms. The molecule has 8 aromatic carbocycles. The highest BCUT2D eigenvalue weighted by atomic mass is 16.3. The van der Waals surface area contributed by atoms with Crippen molar-refractivity contribution in [2.75, 3.05) is 4.90 Å². The van der Waals surface area contributed by atoms with E-state index in [1.54, 1.807) is 0 Å². The number of hydrogen-bond donors (Lipinski definition) is 0. The highest BCUT2D eigenvalue weighted by molar-refractivity contribution is 6.13. The van der Waals surface area contributed by atoms with E-state index >= 15 is 0 Å². The molecule has 10 rings (SSSR count). The van der Waals surface area contributed by atoms with Crippen LogP contribution in [0.1, 0.15) is 25.0 Å². The summed E-state index contributed by atoms with van der Waals surface area (Å²) in [6.07, 6.45) is 0. The van der Waals surface area contributed by atoms with Crippen molar-refractivity contribution >= 4 is 49.8 Å². The minimum absolute atomic E-state index is 0.145. The fraction of sp³-hybridized carbons (Fsp3) is 0.0612. The van der Waals surface area contributed by atoms with Crippen LogP contribution in [0.15, 0.2) is 180 Å². The van der Waals surface area contributed by atoms with Gasteiger partial charge in [-0.3, -0.25) is 0 Å². The van der Waals surface area contributed by atoms with E-state index < -0.39 is 0 Å². The molecule has 0 amide bonds. The number of benzene rings is 8. The van der Waals surface area contributed by atoms with Gasteiger partial charge in [-0.15, -0.1) is 0 Å². The summed E-state index contributed by atoms with van der Waals surface area (Å²) < 4.78 is 6.32. The smallest absolute Gasteiger partial charge is 0.136 e. The monoisotopic (exact) mass is 653 g/mol. The van der Waals surface area contributed by atoms with Crippen LogP contribution < -0.4 is 4.90 Å². The van der Waals surface area contributed by atoms with Crippen LogP contribution in [0, 0.1) is 0 Å². The van der Waals surface area contributed by atoms with Gasteiger partial charge in [-0.1, -0.05) is 147 Å². The Kier molecular flexibility index (Phi) is 6.56. The topological polar surface area (TPSA) is 16.4 Å². The first kappa shape index (κ1) is 29.5. The zero-order chi connectivity index (χ0) is 34.1. The van der Waals surface area contributed by atoms with E-state index in [0.717, 1.165) is 44.4 Å². The van der Waals surface area contributed by atoms with Crippen LogP contribution in [-0.4, -0.2) is 0 Å². The first-order valence-corrected chi connectivity index (χ1v) is 17.7. The summed E-state index contributed by atoms with van der Waals surface area (Å²) in [6.45, 7) is 4.73. The van der Waals surface area contributed by atoms with Crippen molar-refractivity contribution in [1.29, 1.82) is 0 Å². The molecule has 1 aliphatic carbocycles. The molecule has 0 unspecified atom stereocenters. The lowest BCUT2D eigenvalue weighted by atomic mass is 9.81. The van der Waals surface area contributed by atoms with Gasteiger partial charge in [0.05, 0.1) is 5.69 Å². The van der Waals surface area contributed by atoms with Gasteiger partial charge in [0.15, 0.2) is 0 Å². The summed E-state index contributed by atoms with van der Waals surface area (Å²) in [6, 6.07) is 63.7. The maximum absolute atomic E-state index is 6.32. The van der Waals surface area contributed by atoms with Gasteiger partial charge in [-0.05, 0) is 86.8 Å².